The molecule has 1 aliphatic carbocycles. The van der Waals surface area contributed by atoms with Gasteiger partial charge in [-0.15, -0.1) is 10.2 Å². The van der Waals surface area contributed by atoms with Crippen LogP contribution in [0.1, 0.15) is 36.8 Å². The second-order valence-electron chi connectivity index (χ2n) is 10.5. The van der Waals surface area contributed by atoms with Gasteiger partial charge in [0.15, 0.2) is 0 Å². The summed E-state index contributed by atoms with van der Waals surface area (Å²) in [5.74, 6) is 0.405. The van der Waals surface area contributed by atoms with Gasteiger partial charge in [0.2, 0.25) is 17.6 Å². The molecule has 3 aromatic carbocycles. The van der Waals surface area contributed by atoms with Crippen LogP contribution in [0.5, 0.6) is 0 Å². The highest BCUT2D eigenvalue weighted by Gasteiger charge is 2.29. The van der Waals surface area contributed by atoms with E-state index < -0.39 is 6.04 Å². The minimum atomic E-state index is -0.762. The number of nitrogens with two attached hydrogens (primary N) is 1. The van der Waals surface area contributed by atoms with Crippen molar-refractivity contribution in [2.24, 2.45) is 17.6 Å². The Hall–Kier alpha value is -4.41. The lowest BCUT2D eigenvalue weighted by atomic mass is 9.81. The number of rotatable bonds is 10. The van der Waals surface area contributed by atoms with Crippen molar-refractivity contribution in [2.75, 3.05) is 11.9 Å². The molecule has 1 atom stereocenters. The Morgan fingerprint density at radius 2 is 1.66 bits per heavy atom. The van der Waals surface area contributed by atoms with Gasteiger partial charge in [-0.3, -0.25) is 9.59 Å². The Bertz CT molecular complexity index is 1430. The molecule has 0 aliphatic heterocycles. The fraction of sp³-hybridized carbons (Fsp3) is 0.323. The number of aliphatic hydroxyl groups excluding tert-OH is 1. The number of hydrogen-bond acceptors (Lipinski definition) is 7. The molecule has 0 saturated heterocycles. The second kappa shape index (κ2) is 13.3. The number of nitrogens with one attached hydrogen (secondary N) is 3. The van der Waals surface area contributed by atoms with Gasteiger partial charge >= 0.3 is 0 Å². The highest BCUT2D eigenvalue weighted by Crippen LogP contribution is 2.29. The van der Waals surface area contributed by atoms with Gasteiger partial charge in [0, 0.05) is 23.6 Å². The molecular formula is C31H35N7O3. The van der Waals surface area contributed by atoms with E-state index >= 15 is 0 Å². The topological polar surface area (TPSA) is 159 Å². The highest BCUT2D eigenvalue weighted by atomic mass is 16.3. The van der Waals surface area contributed by atoms with Gasteiger partial charge in [0.1, 0.15) is 6.04 Å². The molecule has 1 heterocycles. The van der Waals surface area contributed by atoms with E-state index in [-0.39, 0.29) is 24.3 Å². The number of anilines is 1. The number of benzene rings is 3. The standard InChI is InChI=1S/C31H35N7O3/c32-18-21-7-11-24(12-8-21)30(40)34-28(31(41)33-26-15-13-23(14-16-26)29-35-37-38-36-29)17-20-5-9-22(10-6-20)27-4-2-1-3-25(27)19-39/h1-6,9-10,13-16,21,24,28,39H,7-8,11-12,17-19,32H2,(H,33,41)(H,34,40)(H,35,36,37,38)/t21?,24?,28-/m0/s1. The van der Waals surface area contributed by atoms with Crippen LogP contribution in [0.3, 0.4) is 0 Å². The van der Waals surface area contributed by atoms with Gasteiger partial charge in [-0.05, 0) is 89.9 Å². The Labute approximate surface area is 238 Å². The van der Waals surface area contributed by atoms with Crippen molar-refractivity contribution in [2.45, 2.75) is 44.8 Å². The van der Waals surface area contributed by atoms with Gasteiger partial charge in [-0.2, -0.15) is 5.21 Å². The Morgan fingerprint density at radius 1 is 0.951 bits per heavy atom. The molecule has 41 heavy (non-hydrogen) atoms. The first kappa shape index (κ1) is 28.1. The lowest BCUT2D eigenvalue weighted by Gasteiger charge is -2.28. The molecule has 10 nitrogen and oxygen atoms in total. The van der Waals surface area contributed by atoms with Crippen molar-refractivity contribution >= 4 is 17.5 Å². The smallest absolute Gasteiger partial charge is 0.247 e. The van der Waals surface area contributed by atoms with Crippen LogP contribution < -0.4 is 16.4 Å². The Balaban J connectivity index is 1.31. The SMILES string of the molecule is NCC1CCC(C(=O)N[C@@H](Cc2ccc(-c3ccccc3CO)cc2)C(=O)Nc2ccc(-c3nn[nH]n3)cc2)CC1. The quantitative estimate of drug-likeness (QED) is 0.201. The predicted octanol–water partition coefficient (Wildman–Crippen LogP) is 3.46. The molecule has 6 N–H and O–H groups in total. The number of aliphatic hydroxyl groups is 1. The number of hydrogen-bond donors (Lipinski definition) is 5. The number of tetrazole rings is 1. The molecule has 212 valence electrons. The first-order chi connectivity index (χ1) is 20.0. The van der Waals surface area contributed by atoms with E-state index in [1.807, 2.05) is 48.5 Å². The van der Waals surface area contributed by atoms with Crippen molar-refractivity contribution in [3.05, 3.63) is 83.9 Å². The van der Waals surface area contributed by atoms with Gasteiger partial charge in [0.05, 0.1) is 6.61 Å². The zero-order chi connectivity index (χ0) is 28.6. The number of H-pyrrole nitrogens is 1. The van der Waals surface area contributed by atoms with Crippen LogP contribution >= 0.6 is 0 Å². The van der Waals surface area contributed by atoms with Crippen molar-refractivity contribution in [3.8, 4) is 22.5 Å². The van der Waals surface area contributed by atoms with Gasteiger partial charge in [-0.1, -0.05) is 48.5 Å². The number of aromatic amines is 1. The van der Waals surface area contributed by atoms with Crippen LogP contribution in [0.25, 0.3) is 22.5 Å². The van der Waals surface area contributed by atoms with E-state index in [9.17, 15) is 14.7 Å². The summed E-state index contributed by atoms with van der Waals surface area (Å²) in [5, 5.41) is 29.7. The maximum absolute atomic E-state index is 13.5. The molecular weight excluding hydrogens is 518 g/mol. The summed E-state index contributed by atoms with van der Waals surface area (Å²) in [7, 11) is 0. The third-order valence-electron chi connectivity index (χ3n) is 7.83. The Kier molecular flexibility index (Phi) is 9.12. The highest BCUT2D eigenvalue weighted by molar-refractivity contribution is 5.97. The van der Waals surface area contributed by atoms with Crippen LogP contribution in [0.2, 0.25) is 0 Å². The summed E-state index contributed by atoms with van der Waals surface area (Å²) in [6, 6.07) is 22.0. The fourth-order valence-electron chi connectivity index (χ4n) is 5.37. The van der Waals surface area contributed by atoms with E-state index in [1.54, 1.807) is 24.3 Å². The maximum Gasteiger partial charge on any atom is 0.247 e. The summed E-state index contributed by atoms with van der Waals surface area (Å²) < 4.78 is 0. The first-order valence-corrected chi connectivity index (χ1v) is 14.0. The molecule has 1 aromatic heterocycles. The molecule has 0 bridgehead atoms. The number of carbonyl (C=O) groups is 2. The maximum atomic E-state index is 13.5. The van der Waals surface area contributed by atoms with Crippen molar-refractivity contribution < 1.29 is 14.7 Å². The molecule has 1 aliphatic rings. The van der Waals surface area contributed by atoms with Gasteiger partial charge < -0.3 is 21.5 Å². The van der Waals surface area contributed by atoms with E-state index in [0.29, 0.717) is 30.4 Å². The molecule has 5 rings (SSSR count). The van der Waals surface area contributed by atoms with Crippen molar-refractivity contribution in [1.82, 2.24) is 25.9 Å². The third-order valence-corrected chi connectivity index (χ3v) is 7.83. The first-order valence-electron chi connectivity index (χ1n) is 14.0. The van der Waals surface area contributed by atoms with Crippen LogP contribution in [-0.4, -0.2) is 50.1 Å². The lowest BCUT2D eigenvalue weighted by molar-refractivity contribution is -0.130. The predicted molar refractivity (Wildman–Crippen MR) is 156 cm³/mol. The molecule has 0 radical (unpaired) electrons. The lowest BCUT2D eigenvalue weighted by Crippen LogP contribution is -2.48. The number of aromatic nitrogens is 4. The zero-order valence-corrected chi connectivity index (χ0v) is 22.8. The average molecular weight is 554 g/mol. The minimum Gasteiger partial charge on any atom is -0.392 e. The number of carbonyl (C=O) groups excluding carboxylic acids is 2. The van der Waals surface area contributed by atoms with E-state index in [4.69, 9.17) is 5.73 Å². The van der Waals surface area contributed by atoms with Crippen LogP contribution in [0, 0.1) is 11.8 Å². The summed E-state index contributed by atoms with van der Waals surface area (Å²) >= 11 is 0. The van der Waals surface area contributed by atoms with E-state index in [0.717, 1.165) is 53.5 Å². The second-order valence-corrected chi connectivity index (χ2v) is 10.5. The molecule has 0 spiro atoms. The summed E-state index contributed by atoms with van der Waals surface area (Å²) in [5.41, 5.74) is 10.9. The normalized spacial score (nSPS) is 17.5. The molecule has 10 heteroatoms. The van der Waals surface area contributed by atoms with Gasteiger partial charge in [-0.25, -0.2) is 0 Å². The molecule has 1 fully saturated rings. The van der Waals surface area contributed by atoms with Crippen LogP contribution in [0.4, 0.5) is 5.69 Å². The van der Waals surface area contributed by atoms with E-state index in [2.05, 4.69) is 31.3 Å². The largest absolute Gasteiger partial charge is 0.392 e. The summed E-state index contributed by atoms with van der Waals surface area (Å²) in [6.45, 7) is 0.596. The molecule has 1 saturated carbocycles. The zero-order valence-electron chi connectivity index (χ0n) is 22.8. The number of nitrogens with zero attached hydrogens (tertiary/aromatic N) is 3. The molecule has 0 unspecified atom stereocenters. The summed E-state index contributed by atoms with van der Waals surface area (Å²) in [4.78, 5) is 26.8. The fourth-order valence-corrected chi connectivity index (χ4v) is 5.37. The third kappa shape index (κ3) is 7.03. The number of amides is 2. The molecule has 4 aromatic rings. The van der Waals surface area contributed by atoms with E-state index in [1.165, 1.54) is 0 Å². The van der Waals surface area contributed by atoms with Crippen LogP contribution in [-0.2, 0) is 22.6 Å². The van der Waals surface area contributed by atoms with Gasteiger partial charge in [0.25, 0.3) is 0 Å². The van der Waals surface area contributed by atoms with Crippen molar-refractivity contribution in [1.29, 1.82) is 0 Å². The van der Waals surface area contributed by atoms with Crippen LogP contribution in [0.15, 0.2) is 72.8 Å². The average Bonchev–Trinajstić information content (AvgIpc) is 3.57. The minimum absolute atomic E-state index is 0.0462. The molecule has 2 amide bonds. The Morgan fingerprint density at radius 3 is 2.32 bits per heavy atom. The monoisotopic (exact) mass is 553 g/mol. The summed E-state index contributed by atoms with van der Waals surface area (Å²) in [6.07, 6.45) is 3.74. The van der Waals surface area contributed by atoms with Crippen molar-refractivity contribution in [3.63, 3.8) is 0 Å².